The van der Waals surface area contributed by atoms with Gasteiger partial charge in [-0.2, -0.15) is 0 Å². The van der Waals surface area contributed by atoms with Crippen molar-refractivity contribution >= 4 is 17.1 Å². The van der Waals surface area contributed by atoms with E-state index in [1.165, 1.54) is 34.9 Å². The molecule has 2 nitrogen and oxygen atoms in total. The Labute approximate surface area is 199 Å². The number of nitrogens with zero attached hydrogens (tertiary/aromatic N) is 2. The molecule has 0 bridgehead atoms. The SMILES string of the molecule is CCC/C=C\C(C)N(c1ccccc1)c1ccc(N(C2=CCCC=C2)C2=CCCC=C2)cc1. The van der Waals surface area contributed by atoms with Gasteiger partial charge in [-0.3, -0.25) is 0 Å². The summed E-state index contributed by atoms with van der Waals surface area (Å²) in [5.41, 5.74) is 6.16. The van der Waals surface area contributed by atoms with Crippen molar-refractivity contribution in [3.63, 3.8) is 0 Å². The fraction of sp³-hybridized carbons (Fsp3) is 0.290. The molecule has 0 N–H and O–H groups in total. The zero-order chi connectivity index (χ0) is 22.9. The van der Waals surface area contributed by atoms with Gasteiger partial charge in [-0.1, -0.05) is 68.0 Å². The van der Waals surface area contributed by atoms with Crippen molar-refractivity contribution in [2.24, 2.45) is 0 Å². The number of para-hydroxylation sites is 1. The van der Waals surface area contributed by atoms with Gasteiger partial charge >= 0.3 is 0 Å². The number of hydrogen-bond donors (Lipinski definition) is 0. The molecule has 0 radical (unpaired) electrons. The second-order valence-electron chi connectivity index (χ2n) is 8.73. The predicted octanol–water partition coefficient (Wildman–Crippen LogP) is 8.84. The second kappa shape index (κ2) is 11.6. The molecule has 0 amide bonds. The monoisotopic (exact) mass is 436 g/mol. The molecule has 1 atom stereocenters. The Kier molecular flexibility index (Phi) is 8.03. The molecule has 0 fully saturated rings. The summed E-state index contributed by atoms with van der Waals surface area (Å²) in [6.07, 6.45) is 25.2. The molecule has 0 heterocycles. The Hall–Kier alpha value is -3.26. The van der Waals surface area contributed by atoms with Crippen molar-refractivity contribution in [3.8, 4) is 0 Å². The molecular formula is C31H36N2. The van der Waals surface area contributed by atoms with Gasteiger partial charge in [0.25, 0.3) is 0 Å². The summed E-state index contributed by atoms with van der Waals surface area (Å²) >= 11 is 0. The average molecular weight is 437 g/mol. The van der Waals surface area contributed by atoms with Gasteiger partial charge in [-0.05, 0) is 87.6 Å². The van der Waals surface area contributed by atoms with Crippen LogP contribution in [0.25, 0.3) is 0 Å². The maximum atomic E-state index is 2.42. The smallest absolute Gasteiger partial charge is 0.0494 e. The first-order chi connectivity index (χ1) is 16.3. The lowest BCUT2D eigenvalue weighted by atomic mass is 10.1. The minimum absolute atomic E-state index is 0.272. The van der Waals surface area contributed by atoms with Crippen molar-refractivity contribution in [2.45, 2.75) is 58.4 Å². The fourth-order valence-corrected chi connectivity index (χ4v) is 4.49. The summed E-state index contributed by atoms with van der Waals surface area (Å²) in [5, 5.41) is 0. The molecule has 0 aliphatic heterocycles. The molecule has 1 unspecified atom stereocenters. The summed E-state index contributed by atoms with van der Waals surface area (Å²) in [7, 11) is 0. The molecule has 4 rings (SSSR count). The fourth-order valence-electron chi connectivity index (χ4n) is 4.49. The van der Waals surface area contributed by atoms with E-state index in [2.05, 4.69) is 127 Å². The summed E-state index contributed by atoms with van der Waals surface area (Å²) in [6, 6.07) is 20.0. The second-order valence-corrected chi connectivity index (χ2v) is 8.73. The third-order valence-corrected chi connectivity index (χ3v) is 6.16. The van der Waals surface area contributed by atoms with Crippen LogP contribution in [0, 0.1) is 0 Å². The first-order valence-electron chi connectivity index (χ1n) is 12.4. The lowest BCUT2D eigenvalue weighted by Gasteiger charge is -2.32. The Balaban J connectivity index is 1.67. The number of allylic oxidation sites excluding steroid dienone is 7. The molecule has 170 valence electrons. The highest BCUT2D eigenvalue weighted by Crippen LogP contribution is 2.34. The van der Waals surface area contributed by atoms with E-state index in [0.29, 0.717) is 0 Å². The lowest BCUT2D eigenvalue weighted by Crippen LogP contribution is -2.26. The van der Waals surface area contributed by atoms with Crippen LogP contribution in [0.1, 0.15) is 52.4 Å². The molecule has 0 aromatic heterocycles. The van der Waals surface area contributed by atoms with Gasteiger partial charge < -0.3 is 9.80 Å². The maximum Gasteiger partial charge on any atom is 0.0494 e. The summed E-state index contributed by atoms with van der Waals surface area (Å²) in [5.74, 6) is 0. The van der Waals surface area contributed by atoms with E-state index in [1.54, 1.807) is 0 Å². The maximum absolute atomic E-state index is 2.42. The molecular weight excluding hydrogens is 400 g/mol. The highest BCUT2D eigenvalue weighted by molar-refractivity contribution is 5.70. The minimum atomic E-state index is 0.272. The molecule has 2 aromatic rings. The van der Waals surface area contributed by atoms with Gasteiger partial charge in [-0.25, -0.2) is 0 Å². The van der Waals surface area contributed by atoms with Gasteiger partial charge in [0.1, 0.15) is 0 Å². The first kappa shape index (κ1) is 22.9. The van der Waals surface area contributed by atoms with E-state index in [-0.39, 0.29) is 6.04 Å². The highest BCUT2D eigenvalue weighted by Gasteiger charge is 2.18. The molecule has 0 spiro atoms. The third-order valence-electron chi connectivity index (χ3n) is 6.16. The van der Waals surface area contributed by atoms with Crippen molar-refractivity contribution in [2.75, 3.05) is 9.80 Å². The number of rotatable bonds is 9. The van der Waals surface area contributed by atoms with Gasteiger partial charge in [0.2, 0.25) is 0 Å². The Bertz CT molecular complexity index is 1010. The Morgan fingerprint density at radius 2 is 1.33 bits per heavy atom. The molecule has 2 aliphatic carbocycles. The van der Waals surface area contributed by atoms with E-state index in [9.17, 15) is 0 Å². The molecule has 33 heavy (non-hydrogen) atoms. The van der Waals surface area contributed by atoms with Crippen molar-refractivity contribution in [3.05, 3.63) is 115 Å². The van der Waals surface area contributed by atoms with Crippen LogP contribution in [-0.2, 0) is 0 Å². The summed E-state index contributed by atoms with van der Waals surface area (Å²) < 4.78 is 0. The van der Waals surface area contributed by atoms with Crippen LogP contribution in [-0.4, -0.2) is 6.04 Å². The van der Waals surface area contributed by atoms with E-state index in [1.807, 2.05) is 0 Å². The van der Waals surface area contributed by atoms with E-state index in [4.69, 9.17) is 0 Å². The molecule has 2 aliphatic rings. The largest absolute Gasteiger partial charge is 0.335 e. The number of hydrogen-bond acceptors (Lipinski definition) is 2. The molecule has 0 saturated carbocycles. The standard InChI is InChI=1S/C31H36N2/c1-3-4-8-15-26(2)32(27-16-9-5-10-17-27)30-22-24-31(25-23-30)33(28-18-11-6-12-19-28)29-20-13-7-14-21-29/h5,8-11,13,15-26H,3-4,6-7,12,14H2,1-2H3/b15-8-. The quantitative estimate of drug-likeness (QED) is 0.362. The van der Waals surface area contributed by atoms with Crippen molar-refractivity contribution in [1.29, 1.82) is 0 Å². The average Bonchev–Trinajstić information content (AvgIpc) is 2.87. The molecule has 2 aromatic carbocycles. The van der Waals surface area contributed by atoms with Crippen LogP contribution in [0.15, 0.2) is 115 Å². The van der Waals surface area contributed by atoms with Crippen LogP contribution in [0.4, 0.5) is 17.1 Å². The number of unbranched alkanes of at least 4 members (excludes halogenated alkanes) is 1. The molecule has 2 heteroatoms. The normalized spacial score (nSPS) is 16.4. The minimum Gasteiger partial charge on any atom is -0.335 e. The zero-order valence-corrected chi connectivity index (χ0v) is 20.0. The van der Waals surface area contributed by atoms with E-state index < -0.39 is 0 Å². The third kappa shape index (κ3) is 5.76. The van der Waals surface area contributed by atoms with Gasteiger partial charge in [0.05, 0.1) is 0 Å². The number of anilines is 3. The lowest BCUT2D eigenvalue weighted by molar-refractivity contribution is 0.851. The van der Waals surface area contributed by atoms with Crippen LogP contribution in [0.3, 0.4) is 0 Å². The summed E-state index contributed by atoms with van der Waals surface area (Å²) in [6.45, 7) is 4.50. The van der Waals surface area contributed by atoms with Gasteiger partial charge in [0.15, 0.2) is 0 Å². The predicted molar refractivity (Wildman–Crippen MR) is 144 cm³/mol. The van der Waals surface area contributed by atoms with Crippen molar-refractivity contribution in [1.82, 2.24) is 0 Å². The van der Waals surface area contributed by atoms with Crippen LogP contribution < -0.4 is 9.80 Å². The molecule has 0 saturated heterocycles. The van der Waals surface area contributed by atoms with Crippen molar-refractivity contribution < 1.29 is 0 Å². The van der Waals surface area contributed by atoms with Crippen LogP contribution in [0.5, 0.6) is 0 Å². The summed E-state index contributed by atoms with van der Waals surface area (Å²) in [4.78, 5) is 4.81. The topological polar surface area (TPSA) is 6.48 Å². The first-order valence-corrected chi connectivity index (χ1v) is 12.4. The van der Waals surface area contributed by atoms with Gasteiger partial charge in [-0.15, -0.1) is 0 Å². The van der Waals surface area contributed by atoms with E-state index in [0.717, 1.165) is 32.1 Å². The van der Waals surface area contributed by atoms with E-state index >= 15 is 0 Å². The highest BCUT2D eigenvalue weighted by atomic mass is 15.2. The Morgan fingerprint density at radius 1 is 0.758 bits per heavy atom. The van der Waals surface area contributed by atoms with Crippen LogP contribution in [0.2, 0.25) is 0 Å². The van der Waals surface area contributed by atoms with Crippen LogP contribution >= 0.6 is 0 Å². The van der Waals surface area contributed by atoms with Gasteiger partial charge in [0, 0.05) is 34.5 Å². The Morgan fingerprint density at radius 3 is 1.88 bits per heavy atom. The number of benzene rings is 2. The zero-order valence-electron chi connectivity index (χ0n) is 20.0.